The summed E-state index contributed by atoms with van der Waals surface area (Å²) in [6.07, 6.45) is 0. The number of carbonyl (C=O) groups is 4. The number of nitrogens with one attached hydrogen (secondary N) is 1. The van der Waals surface area contributed by atoms with Gasteiger partial charge in [-0.25, -0.2) is 19.6 Å². The van der Waals surface area contributed by atoms with E-state index < -0.39 is 36.0 Å². The molecular formula is C18H21N5O6S. The molecule has 1 saturated heterocycles. The van der Waals surface area contributed by atoms with Crippen LogP contribution in [0.2, 0.25) is 0 Å². The minimum atomic E-state index is -1.08. The van der Waals surface area contributed by atoms with Crippen LogP contribution in [0.3, 0.4) is 0 Å². The first-order valence-electron chi connectivity index (χ1n) is 9.07. The second-order valence-corrected chi connectivity index (χ2v) is 8.09. The summed E-state index contributed by atoms with van der Waals surface area (Å²) in [5, 5.41) is 3.02. The van der Waals surface area contributed by atoms with Gasteiger partial charge < -0.3 is 20.5 Å². The molecule has 30 heavy (non-hydrogen) atoms. The van der Waals surface area contributed by atoms with Gasteiger partial charge in [-0.2, -0.15) is 0 Å². The van der Waals surface area contributed by atoms with Crippen LogP contribution in [0.1, 0.15) is 41.8 Å². The quantitative estimate of drug-likeness (QED) is 0.502. The van der Waals surface area contributed by atoms with Gasteiger partial charge in [0.1, 0.15) is 27.6 Å². The van der Waals surface area contributed by atoms with Crippen molar-refractivity contribution in [2.75, 3.05) is 18.9 Å². The van der Waals surface area contributed by atoms with Crippen LogP contribution in [0.5, 0.6) is 0 Å². The van der Waals surface area contributed by atoms with E-state index in [1.54, 1.807) is 13.8 Å². The van der Waals surface area contributed by atoms with Gasteiger partial charge in [0.2, 0.25) is 0 Å². The van der Waals surface area contributed by atoms with Gasteiger partial charge in [0.05, 0.1) is 12.0 Å². The van der Waals surface area contributed by atoms with Crippen LogP contribution in [0.4, 0.5) is 10.6 Å². The molecule has 160 valence electrons. The lowest BCUT2D eigenvalue weighted by Crippen LogP contribution is -2.41. The number of nitrogens with two attached hydrogens (primary N) is 1. The van der Waals surface area contributed by atoms with Crippen molar-refractivity contribution < 1.29 is 28.7 Å². The average molecular weight is 435 g/mol. The number of thiophene rings is 1. The van der Waals surface area contributed by atoms with Gasteiger partial charge in [-0.05, 0) is 33.3 Å². The topological polar surface area (TPSA) is 154 Å². The zero-order chi connectivity index (χ0) is 22.2. The third-order valence-electron chi connectivity index (χ3n) is 4.42. The molecule has 2 aromatic rings. The highest BCUT2D eigenvalue weighted by atomic mass is 32.1. The maximum atomic E-state index is 12.1. The molecule has 0 atom stereocenters. The first kappa shape index (κ1) is 21.4. The molecule has 1 aliphatic rings. The molecule has 2 aromatic heterocycles. The molecule has 0 aliphatic carbocycles. The van der Waals surface area contributed by atoms with Crippen LogP contribution in [0.25, 0.3) is 10.2 Å². The summed E-state index contributed by atoms with van der Waals surface area (Å²) in [4.78, 5) is 58.2. The normalized spacial score (nSPS) is 15.4. The number of amides is 3. The Labute approximate surface area is 175 Å². The molecule has 0 spiro atoms. The molecular weight excluding hydrogens is 414 g/mol. The van der Waals surface area contributed by atoms with Gasteiger partial charge >= 0.3 is 18.0 Å². The van der Waals surface area contributed by atoms with Crippen LogP contribution < -0.4 is 11.1 Å². The highest BCUT2D eigenvalue weighted by molar-refractivity contribution is 7.20. The van der Waals surface area contributed by atoms with E-state index in [0.717, 1.165) is 16.2 Å². The van der Waals surface area contributed by atoms with Gasteiger partial charge in [-0.15, -0.1) is 11.3 Å². The highest BCUT2D eigenvalue weighted by Crippen LogP contribution is 2.33. The molecule has 3 heterocycles. The summed E-state index contributed by atoms with van der Waals surface area (Å²) >= 11 is 1.11. The van der Waals surface area contributed by atoms with E-state index >= 15 is 0 Å². The number of carbonyl (C=O) groups excluding carboxylic acids is 4. The largest absolute Gasteiger partial charge is 0.462 e. The fourth-order valence-electron chi connectivity index (χ4n) is 2.95. The van der Waals surface area contributed by atoms with Crippen LogP contribution in [0, 0.1) is 6.92 Å². The number of nitrogen functional groups attached to an aromatic ring is 1. The van der Waals surface area contributed by atoms with E-state index in [0.29, 0.717) is 20.7 Å². The lowest BCUT2D eigenvalue weighted by Gasteiger charge is -2.15. The molecule has 1 fully saturated rings. The second kappa shape index (κ2) is 7.86. The van der Waals surface area contributed by atoms with Crippen molar-refractivity contribution in [1.29, 1.82) is 0 Å². The number of anilines is 1. The number of imide groups is 1. The highest BCUT2D eigenvalue weighted by Gasteiger charge is 2.45. The van der Waals surface area contributed by atoms with Crippen LogP contribution in [-0.4, -0.2) is 57.4 Å². The Kier molecular flexibility index (Phi) is 5.61. The van der Waals surface area contributed by atoms with Gasteiger partial charge in [-0.1, -0.05) is 0 Å². The predicted molar refractivity (Wildman–Crippen MR) is 107 cm³/mol. The number of fused-ring (bicyclic) bond motifs is 1. The molecule has 0 unspecified atom stereocenters. The maximum Gasteiger partial charge on any atom is 0.348 e. The smallest absolute Gasteiger partial charge is 0.348 e. The zero-order valence-corrected chi connectivity index (χ0v) is 17.7. The standard InChI is InChI=1S/C18H21N5O6S/c1-5-28-15(25)12-8(2)11-13(19)20-9(21-14(11)30-12)7-29-10(24)6-23-16(26)18(3,4)22-17(23)27/h5-7H2,1-4H3,(H,22,27)(H2,19,20,21). The monoisotopic (exact) mass is 435 g/mol. The summed E-state index contributed by atoms with van der Waals surface area (Å²) in [6, 6.07) is -0.663. The Morgan fingerprint density at radius 1 is 1.23 bits per heavy atom. The fourth-order valence-corrected chi connectivity index (χ4v) is 4.05. The Morgan fingerprint density at radius 3 is 2.53 bits per heavy atom. The lowest BCUT2D eigenvalue weighted by atomic mass is 10.1. The molecule has 3 N–H and O–H groups in total. The molecule has 0 aromatic carbocycles. The van der Waals surface area contributed by atoms with E-state index in [2.05, 4.69) is 15.3 Å². The van der Waals surface area contributed by atoms with Crippen molar-refractivity contribution in [3.8, 4) is 0 Å². The van der Waals surface area contributed by atoms with E-state index in [9.17, 15) is 19.2 Å². The first-order valence-corrected chi connectivity index (χ1v) is 9.89. The molecule has 0 bridgehead atoms. The molecule has 12 heteroatoms. The van der Waals surface area contributed by atoms with Gasteiger partial charge in [0.25, 0.3) is 5.91 Å². The zero-order valence-electron chi connectivity index (χ0n) is 16.9. The minimum Gasteiger partial charge on any atom is -0.462 e. The van der Waals surface area contributed by atoms with E-state index in [1.165, 1.54) is 13.8 Å². The Morgan fingerprint density at radius 2 is 1.93 bits per heavy atom. The van der Waals surface area contributed by atoms with Gasteiger partial charge in [0.15, 0.2) is 12.4 Å². The van der Waals surface area contributed by atoms with Crippen LogP contribution in [0.15, 0.2) is 0 Å². The Bertz CT molecular complexity index is 1060. The number of hydrogen-bond acceptors (Lipinski definition) is 10. The third-order valence-corrected chi connectivity index (χ3v) is 5.58. The van der Waals surface area contributed by atoms with E-state index in [-0.39, 0.29) is 24.9 Å². The van der Waals surface area contributed by atoms with Crippen molar-refractivity contribution in [2.24, 2.45) is 0 Å². The number of urea groups is 1. The van der Waals surface area contributed by atoms with Crippen molar-refractivity contribution in [3.63, 3.8) is 0 Å². The number of esters is 2. The molecule has 3 amide bonds. The fraction of sp³-hybridized carbons (Fsp3) is 0.444. The first-order chi connectivity index (χ1) is 14.0. The maximum absolute atomic E-state index is 12.1. The molecule has 3 rings (SSSR count). The summed E-state index contributed by atoms with van der Waals surface area (Å²) in [5.74, 6) is -1.52. The number of rotatable bonds is 6. The lowest BCUT2D eigenvalue weighted by molar-refractivity contribution is -0.148. The van der Waals surface area contributed by atoms with Gasteiger partial charge in [-0.3, -0.25) is 14.5 Å². The predicted octanol–water partition coefficient (Wildman–Crippen LogP) is 1.13. The van der Waals surface area contributed by atoms with Crippen molar-refractivity contribution >= 4 is 51.2 Å². The van der Waals surface area contributed by atoms with E-state index in [4.69, 9.17) is 15.2 Å². The summed E-state index contributed by atoms with van der Waals surface area (Å²) in [6.45, 7) is 5.92. The second-order valence-electron chi connectivity index (χ2n) is 7.09. The van der Waals surface area contributed by atoms with Crippen LogP contribution >= 0.6 is 11.3 Å². The minimum absolute atomic E-state index is 0.127. The van der Waals surface area contributed by atoms with E-state index in [1.807, 2.05) is 0 Å². The molecule has 1 aliphatic heterocycles. The van der Waals surface area contributed by atoms with Gasteiger partial charge in [0, 0.05) is 0 Å². The summed E-state index contributed by atoms with van der Waals surface area (Å²) in [7, 11) is 0. The number of aryl methyl sites for hydroxylation is 1. The number of nitrogens with zero attached hydrogens (tertiary/aromatic N) is 3. The van der Waals surface area contributed by atoms with Crippen LogP contribution in [-0.2, 0) is 25.7 Å². The van der Waals surface area contributed by atoms with Crippen molar-refractivity contribution in [3.05, 3.63) is 16.3 Å². The number of hydrogen-bond donors (Lipinski definition) is 2. The summed E-state index contributed by atoms with van der Waals surface area (Å²) in [5.41, 5.74) is 5.55. The third kappa shape index (κ3) is 3.90. The number of aromatic nitrogens is 2. The molecule has 0 radical (unpaired) electrons. The number of ether oxygens (including phenoxy) is 2. The molecule has 11 nitrogen and oxygen atoms in total. The summed E-state index contributed by atoms with van der Waals surface area (Å²) < 4.78 is 10.1. The SMILES string of the molecule is CCOC(=O)c1sc2nc(COC(=O)CN3C(=O)NC(C)(C)C3=O)nc(N)c2c1C. The Balaban J connectivity index is 1.72. The molecule has 0 saturated carbocycles. The Hall–Kier alpha value is -3.28. The van der Waals surface area contributed by atoms with Crippen molar-refractivity contribution in [1.82, 2.24) is 20.2 Å². The average Bonchev–Trinajstić information content (AvgIpc) is 3.09. The van der Waals surface area contributed by atoms with Crippen molar-refractivity contribution in [2.45, 2.75) is 39.8 Å².